The number of hydrogen-bond acceptors (Lipinski definition) is 3. The zero-order valence-corrected chi connectivity index (χ0v) is 12.8. The lowest BCUT2D eigenvalue weighted by molar-refractivity contribution is 0.0699. The van der Waals surface area contributed by atoms with Crippen molar-refractivity contribution in [2.45, 2.75) is 26.7 Å². The predicted octanol–water partition coefficient (Wildman–Crippen LogP) is 4.62. The molecule has 2 heterocycles. The number of aromatic carboxylic acids is 1. The number of fused-ring (bicyclic) bond motifs is 1. The van der Waals surface area contributed by atoms with Crippen LogP contribution < -0.4 is 0 Å². The molecule has 0 saturated carbocycles. The average Bonchev–Trinajstić information content (AvgIpc) is 2.91. The van der Waals surface area contributed by atoms with E-state index in [1.54, 1.807) is 12.1 Å². The number of rotatable bonds is 3. The Morgan fingerprint density at radius 3 is 2.55 bits per heavy atom. The minimum atomic E-state index is -0.960. The third-order valence-corrected chi connectivity index (χ3v) is 3.72. The van der Waals surface area contributed by atoms with Gasteiger partial charge in [-0.15, -0.1) is 0 Å². The molecule has 0 radical (unpaired) electrons. The highest BCUT2D eigenvalue weighted by Gasteiger charge is 2.15. The molecule has 1 N–H and O–H groups in total. The molecule has 0 atom stereocenters. The van der Waals surface area contributed by atoms with Crippen molar-refractivity contribution in [1.82, 2.24) is 4.98 Å². The molecule has 0 amide bonds. The molecule has 0 aliphatic rings. The van der Waals surface area contributed by atoms with E-state index in [1.165, 1.54) is 0 Å². The van der Waals surface area contributed by atoms with E-state index in [0.717, 1.165) is 11.3 Å². The number of aryl methyl sites for hydroxylation is 1. The molecular formula is C18H17NO3. The number of carboxylic acid groups (broad SMARTS) is 1. The van der Waals surface area contributed by atoms with Crippen LogP contribution in [0, 0.1) is 6.92 Å². The van der Waals surface area contributed by atoms with E-state index >= 15 is 0 Å². The van der Waals surface area contributed by atoms with Crippen molar-refractivity contribution in [3.63, 3.8) is 0 Å². The maximum atomic E-state index is 11.6. The topological polar surface area (TPSA) is 63.3 Å². The van der Waals surface area contributed by atoms with E-state index < -0.39 is 5.97 Å². The van der Waals surface area contributed by atoms with Gasteiger partial charge in [0.15, 0.2) is 5.76 Å². The van der Waals surface area contributed by atoms with Gasteiger partial charge in [-0.05, 0) is 48.7 Å². The van der Waals surface area contributed by atoms with Crippen LogP contribution in [0.5, 0.6) is 0 Å². The lowest BCUT2D eigenvalue weighted by atomic mass is 9.98. The van der Waals surface area contributed by atoms with Gasteiger partial charge in [0.1, 0.15) is 11.5 Å². The Bertz CT molecular complexity index is 862. The van der Waals surface area contributed by atoms with Crippen LogP contribution in [0.1, 0.15) is 41.4 Å². The summed E-state index contributed by atoms with van der Waals surface area (Å²) in [5, 5.41) is 10.2. The molecule has 4 heteroatoms. The molecule has 4 nitrogen and oxygen atoms in total. The monoisotopic (exact) mass is 295 g/mol. The van der Waals surface area contributed by atoms with Gasteiger partial charge < -0.3 is 9.52 Å². The first-order chi connectivity index (χ1) is 10.5. The largest absolute Gasteiger partial charge is 0.478 e. The van der Waals surface area contributed by atoms with E-state index in [4.69, 9.17) is 4.42 Å². The van der Waals surface area contributed by atoms with Gasteiger partial charge >= 0.3 is 5.97 Å². The van der Waals surface area contributed by atoms with Crippen molar-refractivity contribution in [2.75, 3.05) is 0 Å². The summed E-state index contributed by atoms with van der Waals surface area (Å²) >= 11 is 0. The molecule has 3 rings (SSSR count). The van der Waals surface area contributed by atoms with Gasteiger partial charge in [-0.25, -0.2) is 9.78 Å². The summed E-state index contributed by atoms with van der Waals surface area (Å²) in [7, 11) is 0. The van der Waals surface area contributed by atoms with Crippen LogP contribution in [0.3, 0.4) is 0 Å². The maximum absolute atomic E-state index is 11.6. The van der Waals surface area contributed by atoms with E-state index in [1.807, 2.05) is 31.2 Å². The lowest BCUT2D eigenvalue weighted by Crippen LogP contribution is -2.01. The third kappa shape index (κ3) is 2.48. The van der Waals surface area contributed by atoms with Crippen molar-refractivity contribution < 1.29 is 14.3 Å². The first-order valence-corrected chi connectivity index (χ1v) is 7.20. The molecule has 0 spiro atoms. The smallest absolute Gasteiger partial charge is 0.336 e. The van der Waals surface area contributed by atoms with Crippen molar-refractivity contribution in [2.24, 2.45) is 0 Å². The SMILES string of the molecule is Cc1ccc(-c2cc(C(=O)O)c3cc(C(C)C)ccc3n2)o1. The number of hydrogen-bond donors (Lipinski definition) is 1. The standard InChI is InChI=1S/C18H17NO3/c1-10(2)12-5-6-15-13(8-12)14(18(20)21)9-16(19-15)17-7-4-11(3)22-17/h4-10H,1-3H3,(H,20,21). The second-order valence-electron chi connectivity index (χ2n) is 5.70. The van der Waals surface area contributed by atoms with Gasteiger partial charge in [0, 0.05) is 5.39 Å². The van der Waals surface area contributed by atoms with Crippen LogP contribution in [0.25, 0.3) is 22.4 Å². The third-order valence-electron chi connectivity index (χ3n) is 3.72. The summed E-state index contributed by atoms with van der Waals surface area (Å²) in [6.45, 7) is 6.00. The number of carboxylic acids is 1. The van der Waals surface area contributed by atoms with Crippen LogP contribution >= 0.6 is 0 Å². The lowest BCUT2D eigenvalue weighted by Gasteiger charge is -2.10. The zero-order valence-electron chi connectivity index (χ0n) is 12.8. The average molecular weight is 295 g/mol. The van der Waals surface area contributed by atoms with Gasteiger partial charge in [0.25, 0.3) is 0 Å². The van der Waals surface area contributed by atoms with Gasteiger partial charge in [-0.3, -0.25) is 0 Å². The van der Waals surface area contributed by atoms with Crippen LogP contribution in [0.15, 0.2) is 40.8 Å². The Balaban J connectivity index is 2.27. The van der Waals surface area contributed by atoms with Gasteiger partial charge in [-0.2, -0.15) is 0 Å². The minimum Gasteiger partial charge on any atom is -0.478 e. The number of benzene rings is 1. The first kappa shape index (κ1) is 14.3. The number of aromatic nitrogens is 1. The number of carbonyl (C=O) groups is 1. The highest BCUT2D eigenvalue weighted by molar-refractivity contribution is 6.03. The fourth-order valence-corrected chi connectivity index (χ4v) is 2.48. The summed E-state index contributed by atoms with van der Waals surface area (Å²) in [5.41, 5.74) is 2.54. The Hall–Kier alpha value is -2.62. The van der Waals surface area contributed by atoms with Crippen molar-refractivity contribution in [3.8, 4) is 11.5 Å². The molecular weight excluding hydrogens is 278 g/mol. The van der Waals surface area contributed by atoms with Crippen molar-refractivity contribution in [1.29, 1.82) is 0 Å². The van der Waals surface area contributed by atoms with Gasteiger partial charge in [0.05, 0.1) is 11.1 Å². The Morgan fingerprint density at radius 1 is 1.18 bits per heavy atom. The van der Waals surface area contributed by atoms with Gasteiger partial charge in [-0.1, -0.05) is 19.9 Å². The fourth-order valence-electron chi connectivity index (χ4n) is 2.48. The molecule has 0 fully saturated rings. The zero-order chi connectivity index (χ0) is 15.9. The minimum absolute atomic E-state index is 0.247. The van der Waals surface area contributed by atoms with E-state index in [0.29, 0.717) is 28.3 Å². The highest BCUT2D eigenvalue weighted by Crippen LogP contribution is 2.28. The second-order valence-corrected chi connectivity index (χ2v) is 5.70. The van der Waals surface area contributed by atoms with Crippen LogP contribution in [-0.2, 0) is 0 Å². The summed E-state index contributed by atoms with van der Waals surface area (Å²) in [5.74, 6) is 0.718. The quantitative estimate of drug-likeness (QED) is 0.765. The van der Waals surface area contributed by atoms with E-state index in [-0.39, 0.29) is 5.56 Å². The first-order valence-electron chi connectivity index (χ1n) is 7.20. The molecule has 1 aromatic carbocycles. The molecule has 0 unspecified atom stereocenters. The maximum Gasteiger partial charge on any atom is 0.336 e. The van der Waals surface area contributed by atoms with Crippen LogP contribution in [0.4, 0.5) is 0 Å². The number of furan rings is 1. The molecule has 22 heavy (non-hydrogen) atoms. The molecule has 0 aliphatic heterocycles. The summed E-state index contributed by atoms with van der Waals surface area (Å²) < 4.78 is 5.56. The predicted molar refractivity (Wildman–Crippen MR) is 85.2 cm³/mol. The highest BCUT2D eigenvalue weighted by atomic mass is 16.4. The second kappa shape index (κ2) is 5.30. The van der Waals surface area contributed by atoms with Crippen molar-refractivity contribution >= 4 is 16.9 Å². The number of nitrogens with zero attached hydrogens (tertiary/aromatic N) is 1. The Labute approximate surface area is 128 Å². The summed E-state index contributed by atoms with van der Waals surface area (Å²) in [6.07, 6.45) is 0. The molecule has 0 bridgehead atoms. The van der Waals surface area contributed by atoms with Gasteiger partial charge in [0.2, 0.25) is 0 Å². The fraction of sp³-hybridized carbons (Fsp3) is 0.222. The number of pyridine rings is 1. The summed E-state index contributed by atoms with van der Waals surface area (Å²) in [4.78, 5) is 16.2. The van der Waals surface area contributed by atoms with Crippen molar-refractivity contribution in [3.05, 3.63) is 53.3 Å². The Kier molecular flexibility index (Phi) is 3.45. The molecule has 112 valence electrons. The Morgan fingerprint density at radius 2 is 1.95 bits per heavy atom. The van der Waals surface area contributed by atoms with E-state index in [9.17, 15) is 9.90 Å². The molecule has 0 saturated heterocycles. The van der Waals surface area contributed by atoms with Crippen LogP contribution in [-0.4, -0.2) is 16.1 Å². The summed E-state index contributed by atoms with van der Waals surface area (Å²) in [6, 6.07) is 11.0. The molecule has 3 aromatic rings. The van der Waals surface area contributed by atoms with E-state index in [2.05, 4.69) is 18.8 Å². The molecule has 2 aromatic heterocycles. The normalized spacial score (nSPS) is 11.3. The molecule has 0 aliphatic carbocycles. The van der Waals surface area contributed by atoms with Crippen LogP contribution in [0.2, 0.25) is 0 Å².